The van der Waals surface area contributed by atoms with E-state index in [1.807, 2.05) is 6.92 Å². The van der Waals surface area contributed by atoms with Gasteiger partial charge in [0.2, 0.25) is 10.0 Å². The lowest BCUT2D eigenvalue weighted by Gasteiger charge is -2.22. The van der Waals surface area contributed by atoms with Crippen molar-refractivity contribution in [3.63, 3.8) is 0 Å². The second-order valence-electron chi connectivity index (χ2n) is 7.15. The van der Waals surface area contributed by atoms with Crippen molar-refractivity contribution >= 4 is 45.3 Å². The van der Waals surface area contributed by atoms with Crippen molar-refractivity contribution in [3.8, 4) is 0 Å². The average Bonchev–Trinajstić information content (AvgIpc) is 2.77. The Morgan fingerprint density at radius 1 is 1.06 bits per heavy atom. The lowest BCUT2D eigenvalue weighted by atomic mass is 10.2. The molecule has 1 amide bonds. The van der Waals surface area contributed by atoms with Gasteiger partial charge in [-0.1, -0.05) is 65.2 Å². The van der Waals surface area contributed by atoms with Crippen LogP contribution in [0.5, 0.6) is 0 Å². The van der Waals surface area contributed by atoms with Crippen LogP contribution in [0.4, 0.5) is 4.39 Å². The highest BCUT2D eigenvalue weighted by Crippen LogP contribution is 2.25. The minimum atomic E-state index is -4.03. The first-order valence-corrected chi connectivity index (χ1v) is 11.9. The van der Waals surface area contributed by atoms with Crippen molar-refractivity contribution in [3.05, 3.63) is 99.3 Å². The van der Waals surface area contributed by atoms with Crippen LogP contribution < -0.4 is 5.43 Å². The third-order valence-corrected chi connectivity index (χ3v) is 7.16. The third-order valence-electron chi connectivity index (χ3n) is 4.62. The topological polar surface area (TPSA) is 78.8 Å². The molecule has 3 aromatic carbocycles. The van der Waals surface area contributed by atoms with Gasteiger partial charge in [-0.3, -0.25) is 4.79 Å². The Labute approximate surface area is 201 Å². The molecule has 0 aromatic heterocycles. The molecule has 0 aliphatic heterocycles. The van der Waals surface area contributed by atoms with Crippen LogP contribution in [0.1, 0.15) is 16.7 Å². The van der Waals surface area contributed by atoms with Crippen molar-refractivity contribution in [1.29, 1.82) is 0 Å². The Morgan fingerprint density at radius 3 is 2.42 bits per heavy atom. The van der Waals surface area contributed by atoms with E-state index in [0.717, 1.165) is 16.1 Å². The van der Waals surface area contributed by atoms with Gasteiger partial charge in [-0.25, -0.2) is 18.2 Å². The number of nitrogens with one attached hydrogen (secondary N) is 1. The van der Waals surface area contributed by atoms with Crippen LogP contribution in [-0.4, -0.2) is 31.4 Å². The van der Waals surface area contributed by atoms with Gasteiger partial charge in [0.25, 0.3) is 5.91 Å². The number of nitrogens with zero attached hydrogens (tertiary/aromatic N) is 2. The average molecular weight is 508 g/mol. The molecule has 3 rings (SSSR count). The molecular formula is C23H20Cl2FN3O3S. The van der Waals surface area contributed by atoms with Crippen molar-refractivity contribution in [2.24, 2.45) is 5.10 Å². The second kappa shape index (κ2) is 10.9. The molecule has 0 bridgehead atoms. The monoisotopic (exact) mass is 507 g/mol. The molecule has 172 valence electrons. The molecule has 0 spiro atoms. The summed E-state index contributed by atoms with van der Waals surface area (Å²) in [5.74, 6) is -1.20. The highest BCUT2D eigenvalue weighted by atomic mass is 35.5. The highest BCUT2D eigenvalue weighted by Gasteiger charge is 2.27. The number of amides is 1. The van der Waals surface area contributed by atoms with E-state index in [9.17, 15) is 17.6 Å². The van der Waals surface area contributed by atoms with Gasteiger partial charge in [-0.05, 0) is 42.8 Å². The first-order chi connectivity index (χ1) is 15.7. The predicted octanol–water partition coefficient (Wildman–Crippen LogP) is 4.78. The molecule has 0 unspecified atom stereocenters. The summed E-state index contributed by atoms with van der Waals surface area (Å²) in [6, 6.07) is 16.9. The van der Waals surface area contributed by atoms with Gasteiger partial charge in [0.1, 0.15) is 5.82 Å². The molecule has 6 nitrogen and oxygen atoms in total. The fourth-order valence-electron chi connectivity index (χ4n) is 2.88. The van der Waals surface area contributed by atoms with E-state index >= 15 is 0 Å². The van der Waals surface area contributed by atoms with Crippen molar-refractivity contribution in [2.75, 3.05) is 6.54 Å². The number of benzene rings is 3. The number of rotatable bonds is 8. The summed E-state index contributed by atoms with van der Waals surface area (Å²) in [6.07, 6.45) is 1.14. The number of aryl methyl sites for hydroxylation is 1. The summed E-state index contributed by atoms with van der Waals surface area (Å²) in [5.41, 5.74) is 3.85. The quantitative estimate of drug-likeness (QED) is 0.351. The summed E-state index contributed by atoms with van der Waals surface area (Å²) < 4.78 is 41.2. The van der Waals surface area contributed by atoms with E-state index in [-0.39, 0.29) is 22.0 Å². The molecular weight excluding hydrogens is 488 g/mol. The van der Waals surface area contributed by atoms with E-state index in [2.05, 4.69) is 10.5 Å². The zero-order valence-electron chi connectivity index (χ0n) is 17.5. The zero-order valence-corrected chi connectivity index (χ0v) is 19.8. The molecule has 3 aromatic rings. The van der Waals surface area contributed by atoms with E-state index < -0.39 is 28.3 Å². The molecule has 0 aliphatic carbocycles. The Morgan fingerprint density at radius 2 is 1.76 bits per heavy atom. The summed E-state index contributed by atoms with van der Waals surface area (Å²) in [7, 11) is -4.03. The number of hydrogen-bond donors (Lipinski definition) is 1. The fraction of sp³-hybridized carbons (Fsp3) is 0.130. The number of halogens is 3. The largest absolute Gasteiger partial charge is 0.272 e. The number of hydrazone groups is 1. The summed E-state index contributed by atoms with van der Waals surface area (Å²) >= 11 is 12.0. The van der Waals surface area contributed by atoms with Crippen LogP contribution in [0, 0.1) is 12.7 Å². The Hall–Kier alpha value is -2.78. The molecule has 0 radical (unpaired) electrons. The van der Waals surface area contributed by atoms with Crippen LogP contribution in [-0.2, 0) is 21.4 Å². The van der Waals surface area contributed by atoms with Gasteiger partial charge in [-0.15, -0.1) is 0 Å². The summed E-state index contributed by atoms with van der Waals surface area (Å²) in [6.45, 7) is 1.19. The molecule has 0 heterocycles. The molecule has 33 heavy (non-hydrogen) atoms. The number of hydrogen-bond acceptors (Lipinski definition) is 4. The molecule has 0 saturated carbocycles. The van der Waals surface area contributed by atoms with Crippen molar-refractivity contribution < 1.29 is 17.6 Å². The molecule has 10 heteroatoms. The number of carbonyl (C=O) groups is 1. The summed E-state index contributed by atoms with van der Waals surface area (Å²) in [5, 5.41) is 4.32. The normalized spacial score (nSPS) is 11.8. The first kappa shape index (κ1) is 24.9. The van der Waals surface area contributed by atoms with E-state index in [4.69, 9.17) is 23.2 Å². The van der Waals surface area contributed by atoms with Crippen LogP contribution in [0.25, 0.3) is 0 Å². The Balaban J connectivity index is 1.82. The van der Waals surface area contributed by atoms with Crippen molar-refractivity contribution in [2.45, 2.75) is 18.4 Å². The van der Waals surface area contributed by atoms with Gasteiger partial charge < -0.3 is 0 Å². The van der Waals surface area contributed by atoms with E-state index in [0.29, 0.717) is 10.6 Å². The van der Waals surface area contributed by atoms with E-state index in [1.54, 1.807) is 30.3 Å². The highest BCUT2D eigenvalue weighted by molar-refractivity contribution is 7.89. The molecule has 0 fully saturated rings. The standard InChI is InChI=1S/C23H20Cl2FN3O3S/c1-16-6-9-19(10-7-16)33(31,32)29(14-17-8-11-20(24)21(25)12-17)15-23(30)28-27-13-18-4-2-3-5-22(18)26/h2-13H,14-15H2,1H3,(H,28,30)/b27-13+. The number of carbonyl (C=O) groups excluding carboxylic acids is 1. The number of sulfonamides is 1. The second-order valence-corrected chi connectivity index (χ2v) is 9.90. The molecule has 0 saturated heterocycles. The maximum absolute atomic E-state index is 13.7. The Kier molecular flexibility index (Phi) is 8.20. The first-order valence-electron chi connectivity index (χ1n) is 9.74. The van der Waals surface area contributed by atoms with E-state index in [1.165, 1.54) is 36.4 Å². The maximum atomic E-state index is 13.7. The SMILES string of the molecule is Cc1ccc(S(=O)(=O)N(CC(=O)N/N=C/c2ccccc2F)Cc2ccc(Cl)c(Cl)c2)cc1. The van der Waals surface area contributed by atoms with Gasteiger partial charge in [0, 0.05) is 12.1 Å². The minimum Gasteiger partial charge on any atom is -0.272 e. The van der Waals surface area contributed by atoms with Crippen LogP contribution in [0.3, 0.4) is 0 Å². The maximum Gasteiger partial charge on any atom is 0.255 e. The Bertz CT molecular complexity index is 1280. The van der Waals surface area contributed by atoms with Crippen LogP contribution in [0.15, 0.2) is 76.7 Å². The van der Waals surface area contributed by atoms with Gasteiger partial charge in [0.05, 0.1) is 27.7 Å². The van der Waals surface area contributed by atoms with Crippen LogP contribution in [0.2, 0.25) is 10.0 Å². The smallest absolute Gasteiger partial charge is 0.255 e. The molecule has 0 atom stereocenters. The zero-order chi connectivity index (χ0) is 24.0. The fourth-order valence-corrected chi connectivity index (χ4v) is 4.58. The van der Waals surface area contributed by atoms with Gasteiger partial charge in [0.15, 0.2) is 0 Å². The lowest BCUT2D eigenvalue weighted by molar-refractivity contribution is -0.121. The minimum absolute atomic E-state index is 0.0378. The van der Waals surface area contributed by atoms with Crippen molar-refractivity contribution in [1.82, 2.24) is 9.73 Å². The van der Waals surface area contributed by atoms with Crippen LogP contribution >= 0.6 is 23.2 Å². The summed E-state index contributed by atoms with van der Waals surface area (Å²) in [4.78, 5) is 12.5. The molecule has 0 aliphatic rings. The third kappa shape index (κ3) is 6.61. The van der Waals surface area contributed by atoms with Gasteiger partial charge in [-0.2, -0.15) is 9.41 Å². The predicted molar refractivity (Wildman–Crippen MR) is 127 cm³/mol. The lowest BCUT2D eigenvalue weighted by Crippen LogP contribution is -2.39. The van der Waals surface area contributed by atoms with Gasteiger partial charge >= 0.3 is 0 Å². The molecule has 1 N–H and O–H groups in total.